The molecule has 98 valence electrons. The summed E-state index contributed by atoms with van der Waals surface area (Å²) in [6.07, 6.45) is 3.67. The molecular formula is C13H17FN2O2. The molecule has 4 N–H and O–H groups in total. The van der Waals surface area contributed by atoms with Gasteiger partial charge in [-0.3, -0.25) is 4.79 Å². The molecule has 0 spiro atoms. The molecule has 1 amide bonds. The molecule has 4 nitrogen and oxygen atoms in total. The number of hydrogen-bond donors (Lipinski definition) is 3. The van der Waals surface area contributed by atoms with Crippen molar-refractivity contribution in [2.45, 2.75) is 31.7 Å². The van der Waals surface area contributed by atoms with Crippen LogP contribution >= 0.6 is 0 Å². The maximum Gasteiger partial charge on any atom is 0.229 e. The maximum atomic E-state index is 13.1. The number of carbonyl (C=O) groups is 1. The standard InChI is InChI=1S/C13H17FN2O2/c14-10-7-8(5-6-12(10)17)16-13(18)9-3-1-2-4-11(9)15/h5-7,9,11,17H,1-4,15H2,(H,16,18). The number of nitrogens with one attached hydrogen (secondary N) is 1. The minimum absolute atomic E-state index is 0.124. The van der Waals surface area contributed by atoms with Crippen LogP contribution in [0.25, 0.3) is 0 Å². The van der Waals surface area contributed by atoms with E-state index in [1.165, 1.54) is 12.1 Å². The third-order valence-electron chi connectivity index (χ3n) is 3.37. The summed E-state index contributed by atoms with van der Waals surface area (Å²) in [6.45, 7) is 0. The smallest absolute Gasteiger partial charge is 0.229 e. The second-order valence-electron chi connectivity index (χ2n) is 4.71. The average Bonchev–Trinajstić information content (AvgIpc) is 2.34. The molecule has 0 bridgehead atoms. The van der Waals surface area contributed by atoms with Gasteiger partial charge in [0.15, 0.2) is 11.6 Å². The molecule has 1 aromatic rings. The Bertz CT molecular complexity index is 451. The highest BCUT2D eigenvalue weighted by Crippen LogP contribution is 2.25. The molecular weight excluding hydrogens is 235 g/mol. The molecule has 1 fully saturated rings. The highest BCUT2D eigenvalue weighted by Gasteiger charge is 2.28. The van der Waals surface area contributed by atoms with E-state index in [1.54, 1.807) is 0 Å². The SMILES string of the molecule is NC1CCCCC1C(=O)Nc1ccc(O)c(F)c1. The Morgan fingerprint density at radius 3 is 2.78 bits per heavy atom. The first-order chi connectivity index (χ1) is 8.58. The predicted octanol–water partition coefficient (Wildman–Crippen LogP) is 1.99. The molecule has 1 aromatic carbocycles. The Morgan fingerprint density at radius 1 is 1.39 bits per heavy atom. The Balaban J connectivity index is 2.04. The van der Waals surface area contributed by atoms with Gasteiger partial charge >= 0.3 is 0 Å². The topological polar surface area (TPSA) is 75.4 Å². The van der Waals surface area contributed by atoms with Crippen molar-refractivity contribution in [2.24, 2.45) is 11.7 Å². The summed E-state index contributed by atoms with van der Waals surface area (Å²) < 4.78 is 13.1. The number of carbonyl (C=O) groups excluding carboxylic acids is 1. The average molecular weight is 252 g/mol. The van der Waals surface area contributed by atoms with Crippen LogP contribution in [0.3, 0.4) is 0 Å². The van der Waals surface area contributed by atoms with E-state index >= 15 is 0 Å². The van der Waals surface area contributed by atoms with Crippen LogP contribution in [0.5, 0.6) is 5.75 Å². The highest BCUT2D eigenvalue weighted by atomic mass is 19.1. The fourth-order valence-electron chi connectivity index (χ4n) is 2.30. The number of benzene rings is 1. The van der Waals surface area contributed by atoms with E-state index in [9.17, 15) is 9.18 Å². The number of aromatic hydroxyl groups is 1. The Kier molecular flexibility index (Phi) is 3.81. The van der Waals surface area contributed by atoms with Gasteiger partial charge < -0.3 is 16.2 Å². The molecule has 18 heavy (non-hydrogen) atoms. The molecule has 2 unspecified atom stereocenters. The highest BCUT2D eigenvalue weighted by molar-refractivity contribution is 5.93. The summed E-state index contributed by atoms with van der Waals surface area (Å²) >= 11 is 0. The van der Waals surface area contributed by atoms with Gasteiger partial charge in [0.1, 0.15) is 0 Å². The van der Waals surface area contributed by atoms with Crippen molar-refractivity contribution in [1.29, 1.82) is 0 Å². The van der Waals surface area contributed by atoms with Crippen LogP contribution in [0.4, 0.5) is 10.1 Å². The van der Waals surface area contributed by atoms with Gasteiger partial charge in [-0.1, -0.05) is 12.8 Å². The molecule has 1 saturated carbocycles. The van der Waals surface area contributed by atoms with Crippen molar-refractivity contribution in [3.05, 3.63) is 24.0 Å². The third kappa shape index (κ3) is 2.79. The lowest BCUT2D eigenvalue weighted by Crippen LogP contribution is -2.40. The van der Waals surface area contributed by atoms with Crippen molar-refractivity contribution < 1.29 is 14.3 Å². The lowest BCUT2D eigenvalue weighted by atomic mass is 9.84. The van der Waals surface area contributed by atoms with Crippen LogP contribution in [0.2, 0.25) is 0 Å². The summed E-state index contributed by atoms with van der Waals surface area (Å²) in [6, 6.07) is 3.65. The Morgan fingerprint density at radius 2 is 2.11 bits per heavy atom. The van der Waals surface area contributed by atoms with E-state index in [0.29, 0.717) is 5.69 Å². The van der Waals surface area contributed by atoms with Gasteiger partial charge in [-0.15, -0.1) is 0 Å². The normalized spacial score (nSPS) is 23.7. The lowest BCUT2D eigenvalue weighted by Gasteiger charge is -2.27. The van der Waals surface area contributed by atoms with Crippen LogP contribution in [0.1, 0.15) is 25.7 Å². The first kappa shape index (κ1) is 12.8. The van der Waals surface area contributed by atoms with E-state index in [1.807, 2.05) is 0 Å². The summed E-state index contributed by atoms with van der Waals surface area (Å²) in [7, 11) is 0. The number of halogens is 1. The van der Waals surface area contributed by atoms with Gasteiger partial charge in [0.2, 0.25) is 5.91 Å². The summed E-state index contributed by atoms with van der Waals surface area (Å²) in [5, 5.41) is 11.7. The Labute approximate surface area is 105 Å². The fourth-order valence-corrected chi connectivity index (χ4v) is 2.30. The van der Waals surface area contributed by atoms with Crippen molar-refractivity contribution in [3.8, 4) is 5.75 Å². The largest absolute Gasteiger partial charge is 0.505 e. The zero-order valence-corrected chi connectivity index (χ0v) is 10.0. The van der Waals surface area contributed by atoms with Crippen molar-refractivity contribution in [1.82, 2.24) is 0 Å². The Hall–Kier alpha value is -1.62. The van der Waals surface area contributed by atoms with E-state index in [0.717, 1.165) is 31.7 Å². The van der Waals surface area contributed by atoms with Gasteiger partial charge in [-0.25, -0.2) is 4.39 Å². The number of phenols is 1. The lowest BCUT2D eigenvalue weighted by molar-refractivity contribution is -0.121. The number of phenolic OH excluding ortho intramolecular Hbond substituents is 1. The summed E-state index contributed by atoms with van der Waals surface area (Å²) in [4.78, 5) is 12.0. The third-order valence-corrected chi connectivity index (χ3v) is 3.37. The zero-order valence-electron chi connectivity index (χ0n) is 10.0. The quantitative estimate of drug-likeness (QED) is 0.704. The molecule has 1 aliphatic carbocycles. The van der Waals surface area contributed by atoms with Crippen LogP contribution in [-0.2, 0) is 4.79 Å². The first-order valence-corrected chi connectivity index (χ1v) is 6.13. The van der Waals surface area contributed by atoms with Gasteiger partial charge in [0, 0.05) is 17.8 Å². The van der Waals surface area contributed by atoms with Crippen LogP contribution in [-0.4, -0.2) is 17.1 Å². The van der Waals surface area contributed by atoms with E-state index in [4.69, 9.17) is 10.8 Å². The van der Waals surface area contributed by atoms with Gasteiger partial charge in [0.05, 0.1) is 5.92 Å². The second kappa shape index (κ2) is 5.35. The summed E-state index contributed by atoms with van der Waals surface area (Å²) in [5.74, 6) is -1.56. The fraction of sp³-hybridized carbons (Fsp3) is 0.462. The van der Waals surface area contributed by atoms with Gasteiger partial charge in [0.25, 0.3) is 0 Å². The van der Waals surface area contributed by atoms with Crippen molar-refractivity contribution >= 4 is 11.6 Å². The van der Waals surface area contributed by atoms with Crippen LogP contribution in [0, 0.1) is 11.7 Å². The minimum Gasteiger partial charge on any atom is -0.505 e. The van der Waals surface area contributed by atoms with Crippen molar-refractivity contribution in [3.63, 3.8) is 0 Å². The van der Waals surface area contributed by atoms with Gasteiger partial charge in [-0.2, -0.15) is 0 Å². The van der Waals surface area contributed by atoms with E-state index in [2.05, 4.69) is 5.32 Å². The molecule has 0 aliphatic heterocycles. The van der Waals surface area contributed by atoms with Crippen LogP contribution in [0.15, 0.2) is 18.2 Å². The number of anilines is 1. The van der Waals surface area contributed by atoms with E-state index in [-0.39, 0.29) is 17.9 Å². The maximum absolute atomic E-state index is 13.1. The predicted molar refractivity (Wildman–Crippen MR) is 66.6 cm³/mol. The molecule has 0 saturated heterocycles. The molecule has 5 heteroatoms. The second-order valence-corrected chi connectivity index (χ2v) is 4.71. The van der Waals surface area contributed by atoms with E-state index < -0.39 is 11.6 Å². The van der Waals surface area contributed by atoms with Crippen LogP contribution < -0.4 is 11.1 Å². The number of nitrogens with two attached hydrogens (primary N) is 1. The monoisotopic (exact) mass is 252 g/mol. The molecule has 0 heterocycles. The number of hydrogen-bond acceptors (Lipinski definition) is 3. The minimum atomic E-state index is -0.749. The van der Waals surface area contributed by atoms with Gasteiger partial charge in [-0.05, 0) is 25.0 Å². The molecule has 0 radical (unpaired) electrons. The number of rotatable bonds is 2. The molecule has 2 atom stereocenters. The zero-order chi connectivity index (χ0) is 13.1. The first-order valence-electron chi connectivity index (χ1n) is 6.13. The molecule has 2 rings (SSSR count). The number of amides is 1. The van der Waals surface area contributed by atoms with Crippen molar-refractivity contribution in [2.75, 3.05) is 5.32 Å². The summed E-state index contributed by atoms with van der Waals surface area (Å²) in [5.41, 5.74) is 6.25. The molecule has 0 aromatic heterocycles. The molecule has 1 aliphatic rings.